The van der Waals surface area contributed by atoms with E-state index >= 15 is 0 Å². The summed E-state index contributed by atoms with van der Waals surface area (Å²) in [5.41, 5.74) is -0.186. The van der Waals surface area contributed by atoms with Crippen molar-refractivity contribution in [1.29, 1.82) is 0 Å². The summed E-state index contributed by atoms with van der Waals surface area (Å²) < 4.78 is 73.3. The Morgan fingerprint density at radius 3 is 1.96 bits per heavy atom. The molecule has 7 heterocycles. The highest BCUT2D eigenvalue weighted by Crippen LogP contribution is 2.57. The number of carbonyl (C=O) groups excluding carboxylic acids is 1. The van der Waals surface area contributed by atoms with Gasteiger partial charge in [-0.05, 0) is 78.2 Å². The standard InChI is InChI=1S/C54H90O16/c1-28(23-29(2)47(56)30(3)24-31(4)50(57)58)41-26-42(64-45-19-16-39(60-13)37(10)62-45)35(8)53(66-41)22-21-51(12,70-53)44-18-15-32(5)54(68-44)33(6)25-43(67-54)49-34(7)48(36(9)52(59,27-55)69-49)65-46-20-17-40(61-14)38(11)63-46/h23,28,30-46,48-49,55,59H,15-22,24-27H2,1-14H3,(H,57,58)/b29-23+/t28-,30+,31+,32+,33-,34-,35+,36-,37+,38+,39-,40-,41-,42+,43+,44+,45-,46-,48-,49-,51-,52-,53+,54?/m0/s1. The molecule has 7 fully saturated rings. The normalized spacial score (nSPS) is 48.4. The molecule has 0 amide bonds. The highest BCUT2D eigenvalue weighted by atomic mass is 16.8. The third-order valence-electron chi connectivity index (χ3n) is 18.2. The topological polar surface area (TPSA) is 196 Å². The van der Waals surface area contributed by atoms with Gasteiger partial charge in [-0.25, -0.2) is 0 Å². The number of Topliss-reactive ketones (excluding diaryl/α,β-unsaturated/α-hetero) is 1. The number of carboxylic acids is 1. The summed E-state index contributed by atoms with van der Waals surface area (Å²) in [5.74, 6) is -7.12. The van der Waals surface area contributed by atoms with Crippen molar-refractivity contribution in [3.8, 4) is 0 Å². The molecular formula is C54H90O16. The lowest BCUT2D eigenvalue weighted by Crippen LogP contribution is -2.63. The average Bonchev–Trinajstić information content (AvgIpc) is 3.84. The Morgan fingerprint density at radius 1 is 0.743 bits per heavy atom. The number of aliphatic hydroxyl groups is 2. The number of methoxy groups -OCH3 is 2. The Hall–Kier alpha value is -1.64. The van der Waals surface area contributed by atoms with Gasteiger partial charge in [0.1, 0.15) is 0 Å². The van der Waals surface area contributed by atoms with Crippen LogP contribution in [0.2, 0.25) is 0 Å². The van der Waals surface area contributed by atoms with Crippen molar-refractivity contribution < 1.29 is 77.0 Å². The second kappa shape index (κ2) is 22.3. The van der Waals surface area contributed by atoms with Crippen molar-refractivity contribution in [1.82, 2.24) is 0 Å². The molecule has 0 aromatic carbocycles. The SMILES string of the molecule is CO[C@H]1CC[C@H](O[C@H]2[C@H](C)[C@@H]([C@H]3C[C@H](C)C4(O3)O[C@@H]([C@]3(C)CC[C@@]5(O[C@H]([C@@H](C)/C=C(\C)C(=O)[C@H](C)C[C@@H](C)C(=O)O)C[C@@H](O[C@H]6CC[C@H](OC)[C@@H](C)O6)[C@H]5C)O3)CC[C@H]4C)O[C@@](O)(CO)[C@H]2C)O[C@@H]1C. The molecule has 24 atom stereocenters. The molecule has 402 valence electrons. The van der Waals surface area contributed by atoms with Crippen LogP contribution in [0.1, 0.15) is 154 Å². The molecule has 70 heavy (non-hydrogen) atoms. The Balaban J connectivity index is 1.10. The molecule has 0 radical (unpaired) electrons. The summed E-state index contributed by atoms with van der Waals surface area (Å²) in [6.07, 6.45) is 5.34. The minimum atomic E-state index is -1.86. The third-order valence-corrected chi connectivity index (χ3v) is 18.2. The number of carbonyl (C=O) groups is 2. The molecule has 7 aliphatic heterocycles. The van der Waals surface area contributed by atoms with Crippen molar-refractivity contribution in [2.24, 2.45) is 47.3 Å². The maximum Gasteiger partial charge on any atom is 0.306 e. The van der Waals surface area contributed by atoms with Crippen molar-refractivity contribution in [2.45, 2.75) is 250 Å². The van der Waals surface area contributed by atoms with E-state index in [-0.39, 0.29) is 84.5 Å². The average molecular weight is 995 g/mol. The molecule has 0 aromatic rings. The van der Waals surface area contributed by atoms with Crippen LogP contribution in [-0.2, 0) is 61.7 Å². The van der Waals surface area contributed by atoms with Crippen molar-refractivity contribution >= 4 is 11.8 Å². The summed E-state index contributed by atoms with van der Waals surface area (Å²) in [7, 11) is 3.40. The molecule has 7 aliphatic rings. The van der Waals surface area contributed by atoms with Gasteiger partial charge in [0.15, 0.2) is 35.7 Å². The van der Waals surface area contributed by atoms with Gasteiger partial charge in [0.05, 0.1) is 79.2 Å². The van der Waals surface area contributed by atoms with Gasteiger partial charge >= 0.3 is 5.97 Å². The van der Waals surface area contributed by atoms with Gasteiger partial charge in [0, 0.05) is 81.3 Å². The molecule has 7 rings (SSSR count). The Labute approximate surface area is 417 Å². The second-order valence-electron chi connectivity index (χ2n) is 23.2. The fourth-order valence-electron chi connectivity index (χ4n) is 13.4. The van der Waals surface area contributed by atoms with Crippen LogP contribution in [0.5, 0.6) is 0 Å². The minimum Gasteiger partial charge on any atom is -0.481 e. The zero-order chi connectivity index (χ0) is 51.2. The van der Waals surface area contributed by atoms with E-state index in [9.17, 15) is 24.9 Å². The van der Waals surface area contributed by atoms with E-state index in [0.717, 1.165) is 25.7 Å². The molecule has 0 aromatic heterocycles. The largest absolute Gasteiger partial charge is 0.481 e. The van der Waals surface area contributed by atoms with E-state index in [4.69, 9.17) is 52.1 Å². The van der Waals surface area contributed by atoms with E-state index in [1.807, 2.05) is 26.8 Å². The monoisotopic (exact) mass is 995 g/mol. The fourth-order valence-corrected chi connectivity index (χ4v) is 13.4. The Kier molecular flexibility index (Phi) is 17.9. The molecule has 1 unspecified atom stereocenters. The summed E-state index contributed by atoms with van der Waals surface area (Å²) in [5, 5.41) is 32.0. The summed E-state index contributed by atoms with van der Waals surface area (Å²) >= 11 is 0. The van der Waals surface area contributed by atoms with E-state index in [2.05, 4.69) is 41.5 Å². The number of carboxylic acid groups (broad SMARTS) is 1. The van der Waals surface area contributed by atoms with Crippen LogP contribution in [0, 0.1) is 47.3 Å². The lowest BCUT2D eigenvalue weighted by atomic mass is 9.77. The van der Waals surface area contributed by atoms with Crippen LogP contribution in [0.3, 0.4) is 0 Å². The molecule has 3 N–H and O–H groups in total. The van der Waals surface area contributed by atoms with E-state index < -0.39 is 84.2 Å². The van der Waals surface area contributed by atoms with Crippen molar-refractivity contribution in [3.05, 3.63) is 11.6 Å². The number of allylic oxidation sites excluding steroid dienone is 1. The number of hydrogen-bond acceptors (Lipinski definition) is 15. The number of ether oxygens (including phenoxy) is 11. The van der Waals surface area contributed by atoms with Gasteiger partial charge in [-0.1, -0.05) is 61.5 Å². The molecule has 2 spiro atoms. The van der Waals surface area contributed by atoms with E-state index in [0.29, 0.717) is 44.1 Å². The third kappa shape index (κ3) is 11.2. The maximum absolute atomic E-state index is 13.6. The van der Waals surface area contributed by atoms with E-state index in [1.54, 1.807) is 35.0 Å². The summed E-state index contributed by atoms with van der Waals surface area (Å²) in [6.45, 7) is 23.2. The zero-order valence-corrected chi connectivity index (χ0v) is 44.8. The zero-order valence-electron chi connectivity index (χ0n) is 44.8. The van der Waals surface area contributed by atoms with Gasteiger partial charge in [-0.3, -0.25) is 9.59 Å². The number of ketones is 1. The quantitative estimate of drug-likeness (QED) is 0.127. The van der Waals surface area contributed by atoms with Crippen LogP contribution >= 0.6 is 0 Å². The maximum atomic E-state index is 13.6. The van der Waals surface area contributed by atoms with Crippen LogP contribution in [0.4, 0.5) is 0 Å². The van der Waals surface area contributed by atoms with Crippen molar-refractivity contribution in [3.63, 3.8) is 0 Å². The lowest BCUT2D eigenvalue weighted by Gasteiger charge is -2.53. The smallest absolute Gasteiger partial charge is 0.306 e. The van der Waals surface area contributed by atoms with Crippen molar-refractivity contribution in [2.75, 3.05) is 20.8 Å². The summed E-state index contributed by atoms with van der Waals surface area (Å²) in [4.78, 5) is 25.2. The first-order valence-corrected chi connectivity index (χ1v) is 26.8. The molecular weight excluding hydrogens is 905 g/mol. The second-order valence-corrected chi connectivity index (χ2v) is 23.2. The molecule has 0 saturated carbocycles. The molecule has 0 aliphatic carbocycles. The Morgan fingerprint density at radius 2 is 1.37 bits per heavy atom. The molecule has 7 saturated heterocycles. The van der Waals surface area contributed by atoms with Crippen LogP contribution in [0.15, 0.2) is 11.6 Å². The highest BCUT2D eigenvalue weighted by Gasteiger charge is 2.65. The predicted octanol–water partition coefficient (Wildman–Crippen LogP) is 7.71. The predicted molar refractivity (Wildman–Crippen MR) is 257 cm³/mol. The Bertz CT molecular complexity index is 1820. The van der Waals surface area contributed by atoms with Gasteiger partial charge < -0.3 is 67.4 Å². The van der Waals surface area contributed by atoms with Gasteiger partial charge in [-0.2, -0.15) is 0 Å². The fraction of sp³-hybridized carbons (Fsp3) is 0.926. The molecule has 16 heteroatoms. The molecule has 16 nitrogen and oxygen atoms in total. The molecule has 0 bridgehead atoms. The first-order chi connectivity index (χ1) is 32.9. The van der Waals surface area contributed by atoms with E-state index in [1.165, 1.54) is 0 Å². The number of hydrogen-bond donors (Lipinski definition) is 3. The number of aliphatic hydroxyl groups excluding tert-OH is 1. The van der Waals surface area contributed by atoms with Gasteiger partial charge in [-0.15, -0.1) is 0 Å². The lowest BCUT2D eigenvalue weighted by molar-refractivity contribution is -0.389. The first kappa shape index (κ1) is 56.1. The first-order valence-electron chi connectivity index (χ1n) is 26.8. The number of aliphatic carboxylic acids is 1. The highest BCUT2D eigenvalue weighted by molar-refractivity contribution is 5.96. The van der Waals surface area contributed by atoms with Crippen LogP contribution in [-0.4, -0.2) is 144 Å². The van der Waals surface area contributed by atoms with Crippen LogP contribution in [0.25, 0.3) is 0 Å². The summed E-state index contributed by atoms with van der Waals surface area (Å²) in [6, 6.07) is 0. The number of rotatable bonds is 16. The minimum absolute atomic E-state index is 0.00713. The van der Waals surface area contributed by atoms with Crippen LogP contribution < -0.4 is 0 Å². The van der Waals surface area contributed by atoms with Gasteiger partial charge in [0.25, 0.3) is 0 Å². The van der Waals surface area contributed by atoms with Gasteiger partial charge in [0.2, 0.25) is 0 Å².